The zero-order chi connectivity index (χ0) is 9.68. The van der Waals surface area contributed by atoms with Crippen LogP contribution in [0.3, 0.4) is 0 Å². The van der Waals surface area contributed by atoms with Crippen molar-refractivity contribution in [3.05, 3.63) is 0 Å². The maximum Gasteiger partial charge on any atom is 0.302 e. The molecule has 1 fully saturated rings. The quantitative estimate of drug-likeness (QED) is 0.379. The standard InChI is InChI=1S/C7H12BN3O2/c1-12-11-7-3-8(13-5-10)2-6(7)4-9/h6H,2-3,5,10H2,1H3/b11-7+. The highest BCUT2D eigenvalue weighted by Gasteiger charge is 2.35. The van der Waals surface area contributed by atoms with Gasteiger partial charge in [-0.2, -0.15) is 5.26 Å². The van der Waals surface area contributed by atoms with Crippen LogP contribution in [0.2, 0.25) is 12.6 Å². The number of nitrogens with two attached hydrogens (primary N) is 1. The number of hydrogen-bond acceptors (Lipinski definition) is 5. The van der Waals surface area contributed by atoms with E-state index in [0.717, 1.165) is 5.71 Å². The highest BCUT2D eigenvalue weighted by Crippen LogP contribution is 2.24. The molecule has 2 N–H and O–H groups in total. The van der Waals surface area contributed by atoms with Crippen LogP contribution in [-0.2, 0) is 9.49 Å². The Bertz CT molecular complexity index is 238. The summed E-state index contributed by atoms with van der Waals surface area (Å²) in [7, 11) is 1.47. The molecule has 1 atom stereocenters. The molecule has 1 aliphatic rings. The number of nitrogens with zero attached hydrogens (tertiary/aromatic N) is 2. The van der Waals surface area contributed by atoms with E-state index in [0.29, 0.717) is 12.6 Å². The van der Waals surface area contributed by atoms with E-state index >= 15 is 0 Å². The second-order valence-corrected chi connectivity index (χ2v) is 2.84. The fraction of sp³-hybridized carbons (Fsp3) is 0.714. The lowest BCUT2D eigenvalue weighted by atomic mass is 9.66. The average molecular weight is 181 g/mol. The van der Waals surface area contributed by atoms with Gasteiger partial charge in [0.2, 0.25) is 0 Å². The van der Waals surface area contributed by atoms with Gasteiger partial charge in [0.05, 0.1) is 24.4 Å². The molecule has 1 unspecified atom stereocenters. The second-order valence-electron chi connectivity index (χ2n) is 2.84. The largest absolute Gasteiger partial charge is 0.424 e. The normalized spacial score (nSPS) is 24.8. The molecule has 1 saturated heterocycles. The Morgan fingerprint density at radius 3 is 3.15 bits per heavy atom. The van der Waals surface area contributed by atoms with Gasteiger partial charge in [-0.15, -0.1) is 0 Å². The first kappa shape index (κ1) is 10.0. The molecule has 1 rings (SSSR count). The van der Waals surface area contributed by atoms with Crippen molar-refractivity contribution in [2.45, 2.75) is 12.6 Å². The molecule has 0 aromatic rings. The van der Waals surface area contributed by atoms with E-state index in [1.54, 1.807) is 0 Å². The summed E-state index contributed by atoms with van der Waals surface area (Å²) >= 11 is 0. The smallest absolute Gasteiger partial charge is 0.302 e. The zero-order valence-corrected chi connectivity index (χ0v) is 7.56. The Balaban J connectivity index is 2.57. The van der Waals surface area contributed by atoms with Crippen molar-refractivity contribution >= 4 is 12.6 Å². The van der Waals surface area contributed by atoms with Gasteiger partial charge in [0.1, 0.15) is 7.11 Å². The topological polar surface area (TPSA) is 80.6 Å². The summed E-state index contributed by atoms with van der Waals surface area (Å²) < 4.78 is 5.20. The molecular formula is C7H12BN3O2. The summed E-state index contributed by atoms with van der Waals surface area (Å²) in [5.74, 6) is -0.184. The van der Waals surface area contributed by atoms with E-state index in [4.69, 9.17) is 15.6 Å². The van der Waals surface area contributed by atoms with Crippen LogP contribution in [-0.4, -0.2) is 26.5 Å². The first-order valence-corrected chi connectivity index (χ1v) is 4.13. The molecule has 6 heteroatoms. The number of nitriles is 1. The van der Waals surface area contributed by atoms with Crippen molar-refractivity contribution in [3.8, 4) is 6.07 Å². The number of rotatable bonds is 3. The average Bonchev–Trinajstić information content (AvgIpc) is 2.49. The van der Waals surface area contributed by atoms with Gasteiger partial charge < -0.3 is 15.2 Å². The lowest BCUT2D eigenvalue weighted by molar-refractivity contribution is 0.212. The zero-order valence-electron chi connectivity index (χ0n) is 7.56. The van der Waals surface area contributed by atoms with Crippen LogP contribution >= 0.6 is 0 Å². The van der Waals surface area contributed by atoms with Crippen LogP contribution in [0, 0.1) is 17.2 Å². The lowest BCUT2D eigenvalue weighted by Crippen LogP contribution is -2.18. The molecule has 0 radical (unpaired) electrons. The summed E-state index contributed by atoms with van der Waals surface area (Å²) in [4.78, 5) is 4.63. The third-order valence-electron chi connectivity index (χ3n) is 2.03. The molecule has 0 aromatic heterocycles. The predicted octanol–water partition coefficient (Wildman–Crippen LogP) is 0.0665. The van der Waals surface area contributed by atoms with Gasteiger partial charge in [-0.3, -0.25) is 0 Å². The molecule has 0 bridgehead atoms. The summed E-state index contributed by atoms with van der Waals surface area (Å²) in [6.07, 6.45) is 1.30. The van der Waals surface area contributed by atoms with Crippen LogP contribution < -0.4 is 5.73 Å². The Morgan fingerprint density at radius 2 is 2.62 bits per heavy atom. The highest BCUT2D eigenvalue weighted by molar-refractivity contribution is 6.60. The molecule has 70 valence electrons. The van der Waals surface area contributed by atoms with Crippen molar-refractivity contribution in [1.29, 1.82) is 5.26 Å². The third kappa shape index (κ3) is 2.44. The van der Waals surface area contributed by atoms with Gasteiger partial charge in [0.25, 0.3) is 0 Å². The predicted molar refractivity (Wildman–Crippen MR) is 49.1 cm³/mol. The molecule has 13 heavy (non-hydrogen) atoms. The first-order valence-electron chi connectivity index (χ1n) is 4.13. The Hall–Kier alpha value is -1.06. The van der Waals surface area contributed by atoms with Crippen LogP contribution in [0.4, 0.5) is 0 Å². The van der Waals surface area contributed by atoms with E-state index in [2.05, 4.69) is 16.1 Å². The van der Waals surface area contributed by atoms with E-state index in [1.807, 2.05) is 0 Å². The molecule has 1 heterocycles. The van der Waals surface area contributed by atoms with E-state index in [1.165, 1.54) is 7.11 Å². The maximum absolute atomic E-state index is 8.78. The summed E-state index contributed by atoms with van der Waals surface area (Å²) in [6, 6.07) is 2.16. The molecule has 0 aromatic carbocycles. The maximum atomic E-state index is 8.78. The molecule has 0 spiro atoms. The Kier molecular flexibility index (Phi) is 3.74. The van der Waals surface area contributed by atoms with E-state index in [-0.39, 0.29) is 19.6 Å². The van der Waals surface area contributed by atoms with Gasteiger partial charge in [-0.25, -0.2) is 0 Å². The highest BCUT2D eigenvalue weighted by atomic mass is 16.6. The van der Waals surface area contributed by atoms with E-state index < -0.39 is 0 Å². The van der Waals surface area contributed by atoms with Crippen LogP contribution in [0.1, 0.15) is 0 Å². The molecule has 0 aliphatic carbocycles. The fourth-order valence-corrected chi connectivity index (χ4v) is 1.47. The van der Waals surface area contributed by atoms with Crippen molar-refractivity contribution in [1.82, 2.24) is 0 Å². The second kappa shape index (κ2) is 4.85. The van der Waals surface area contributed by atoms with Crippen LogP contribution in [0.25, 0.3) is 0 Å². The van der Waals surface area contributed by atoms with Gasteiger partial charge >= 0.3 is 6.92 Å². The van der Waals surface area contributed by atoms with Crippen molar-refractivity contribution in [3.63, 3.8) is 0 Å². The van der Waals surface area contributed by atoms with E-state index in [9.17, 15) is 0 Å². The molecule has 0 saturated carbocycles. The SMILES string of the molecule is CO/N=C1\CB(OCN)CC1C#N. The molecular weight excluding hydrogens is 169 g/mol. The summed E-state index contributed by atoms with van der Waals surface area (Å²) in [5, 5.41) is 12.6. The van der Waals surface area contributed by atoms with Gasteiger partial charge in [0, 0.05) is 0 Å². The third-order valence-corrected chi connectivity index (χ3v) is 2.03. The van der Waals surface area contributed by atoms with Gasteiger partial charge in [-0.1, -0.05) is 5.16 Å². The minimum Gasteiger partial charge on any atom is -0.424 e. The number of hydrogen-bond donors (Lipinski definition) is 1. The van der Waals surface area contributed by atoms with Crippen molar-refractivity contribution < 1.29 is 9.49 Å². The molecule has 1 aliphatic heterocycles. The van der Waals surface area contributed by atoms with Gasteiger partial charge in [0.15, 0.2) is 0 Å². The van der Waals surface area contributed by atoms with Crippen LogP contribution in [0.5, 0.6) is 0 Å². The van der Waals surface area contributed by atoms with Crippen molar-refractivity contribution in [2.24, 2.45) is 16.8 Å². The Morgan fingerprint density at radius 1 is 1.85 bits per heavy atom. The minimum atomic E-state index is -0.184. The summed E-state index contributed by atoms with van der Waals surface area (Å²) in [5.41, 5.74) is 5.99. The fourth-order valence-electron chi connectivity index (χ4n) is 1.47. The lowest BCUT2D eigenvalue weighted by Gasteiger charge is -2.01. The molecule has 0 amide bonds. The first-order chi connectivity index (χ1) is 6.31. The monoisotopic (exact) mass is 181 g/mol. The number of oxime groups is 1. The van der Waals surface area contributed by atoms with Crippen molar-refractivity contribution in [2.75, 3.05) is 13.8 Å². The van der Waals surface area contributed by atoms with Gasteiger partial charge in [-0.05, 0) is 12.6 Å². The Labute approximate surface area is 77.6 Å². The molecule has 5 nitrogen and oxygen atoms in total. The minimum absolute atomic E-state index is 0.0172. The summed E-state index contributed by atoms with van der Waals surface area (Å²) in [6.45, 7) is 0.201. The van der Waals surface area contributed by atoms with Crippen LogP contribution in [0.15, 0.2) is 5.16 Å².